The minimum atomic E-state index is -5.41. The van der Waals surface area contributed by atoms with Crippen molar-refractivity contribution in [3.8, 4) is 11.1 Å². The monoisotopic (exact) mass is 858 g/mol. The van der Waals surface area contributed by atoms with Crippen molar-refractivity contribution in [3.05, 3.63) is 135 Å². The van der Waals surface area contributed by atoms with Crippen LogP contribution in [0.15, 0.2) is 95.8 Å². The molecule has 1 N–H and O–H groups in total. The lowest BCUT2D eigenvalue weighted by molar-refractivity contribution is -0.290. The Kier molecular flexibility index (Phi) is 13.1. The number of carbonyl (C=O) groups excluding carboxylic acids is 3. The zero-order valence-corrected chi connectivity index (χ0v) is 32.6. The van der Waals surface area contributed by atoms with Gasteiger partial charge in [0.1, 0.15) is 11.4 Å². The number of hydrogen-bond donors (Lipinski definition) is 1. The average Bonchev–Trinajstić information content (AvgIpc) is 3.23. The fourth-order valence-corrected chi connectivity index (χ4v) is 7.28. The molecule has 1 atom stereocenters. The summed E-state index contributed by atoms with van der Waals surface area (Å²) < 4.78 is 112. The van der Waals surface area contributed by atoms with Crippen LogP contribution in [0.3, 0.4) is 0 Å². The van der Waals surface area contributed by atoms with Gasteiger partial charge in [0.25, 0.3) is 5.56 Å². The van der Waals surface area contributed by atoms with Gasteiger partial charge < -0.3 is 9.88 Å². The van der Waals surface area contributed by atoms with Crippen LogP contribution in [-0.4, -0.2) is 63.0 Å². The van der Waals surface area contributed by atoms with Crippen LogP contribution < -0.4 is 10.9 Å². The number of aryl methyl sites for hydroxylation is 2. The Bertz CT molecular complexity index is 2480. The summed E-state index contributed by atoms with van der Waals surface area (Å²) >= 11 is 0. The van der Waals surface area contributed by atoms with Gasteiger partial charge in [-0.25, -0.2) is 28.1 Å². The van der Waals surface area contributed by atoms with Crippen molar-refractivity contribution in [1.82, 2.24) is 19.8 Å². The molecule has 0 bridgehead atoms. The molecule has 1 unspecified atom stereocenters. The van der Waals surface area contributed by atoms with E-state index >= 15 is 0 Å². The highest BCUT2D eigenvalue weighted by atomic mass is 19.4. The molecule has 0 aliphatic carbocycles. The third-order valence-electron chi connectivity index (χ3n) is 10.6. The van der Waals surface area contributed by atoms with Gasteiger partial charge in [-0.2, -0.15) is 31.3 Å². The van der Waals surface area contributed by atoms with E-state index in [0.717, 1.165) is 12.1 Å². The number of Topliss-reactive ketones (excluding diaryl/α,β-unsaturated/α-hetero) is 1. The van der Waals surface area contributed by atoms with Crippen LogP contribution in [0.2, 0.25) is 0 Å². The van der Waals surface area contributed by atoms with E-state index in [-0.39, 0.29) is 77.8 Å². The van der Waals surface area contributed by atoms with E-state index in [1.54, 1.807) is 41.3 Å². The van der Waals surface area contributed by atoms with Crippen LogP contribution in [0.5, 0.6) is 0 Å². The number of nitrogens with zero attached hydrogens (tertiary/aromatic N) is 3. The van der Waals surface area contributed by atoms with Gasteiger partial charge in [-0.15, -0.1) is 0 Å². The van der Waals surface area contributed by atoms with Crippen LogP contribution in [0.25, 0.3) is 22.0 Å². The predicted octanol–water partition coefficient (Wildman–Crippen LogP) is 7.85. The van der Waals surface area contributed by atoms with E-state index in [0.29, 0.717) is 0 Å². The molecule has 18 heteroatoms. The highest BCUT2D eigenvalue weighted by Gasteiger charge is 2.45. The van der Waals surface area contributed by atoms with Crippen LogP contribution in [0.1, 0.15) is 55.2 Å². The molecule has 61 heavy (non-hydrogen) atoms. The molecule has 10 nitrogen and oxygen atoms in total. The Hall–Kier alpha value is -6.01. The zero-order chi connectivity index (χ0) is 44.3. The second-order valence-corrected chi connectivity index (χ2v) is 14.9. The van der Waals surface area contributed by atoms with Crippen molar-refractivity contribution in [2.75, 3.05) is 13.1 Å². The van der Waals surface area contributed by atoms with Gasteiger partial charge in [0.15, 0.2) is 17.4 Å². The zero-order valence-electron chi connectivity index (χ0n) is 32.6. The van der Waals surface area contributed by atoms with Gasteiger partial charge in [-0.1, -0.05) is 66.7 Å². The number of nitrogens with one attached hydrogen (secondary N) is 1. The van der Waals surface area contributed by atoms with Gasteiger partial charge in [-0.05, 0) is 79.6 Å². The topological polar surface area (TPSA) is 120 Å². The van der Waals surface area contributed by atoms with Crippen molar-refractivity contribution >= 4 is 28.6 Å². The van der Waals surface area contributed by atoms with Crippen LogP contribution in [0, 0.1) is 11.6 Å². The Balaban J connectivity index is 1.33. The number of hydrogen-bond acceptors (Lipinski definition) is 9. The van der Waals surface area contributed by atoms with Crippen LogP contribution in [0.4, 0.5) is 35.1 Å². The minimum absolute atomic E-state index is 0.0110. The Morgan fingerprint density at radius 2 is 1.48 bits per heavy atom. The Morgan fingerprint density at radius 3 is 2.15 bits per heavy atom. The molecule has 0 radical (unpaired) electrons. The minimum Gasteiger partial charge on any atom is -0.321 e. The molecule has 1 saturated heterocycles. The predicted molar refractivity (Wildman–Crippen MR) is 204 cm³/mol. The molecule has 0 spiro atoms. The first-order valence-electron chi connectivity index (χ1n) is 19.0. The number of piperidine rings is 1. The summed E-state index contributed by atoms with van der Waals surface area (Å²) in [6, 6.07) is 19.3. The summed E-state index contributed by atoms with van der Waals surface area (Å²) in [5.41, 5.74) is -2.89. The number of alkyl halides is 6. The molecular formula is C43H38F8N4O6. The summed E-state index contributed by atoms with van der Waals surface area (Å²) in [5.74, 6) is -6.79. The highest BCUT2D eigenvalue weighted by Crippen LogP contribution is 2.39. The van der Waals surface area contributed by atoms with E-state index in [9.17, 15) is 54.3 Å². The third-order valence-corrected chi connectivity index (χ3v) is 10.6. The van der Waals surface area contributed by atoms with Gasteiger partial charge in [0.05, 0.1) is 29.1 Å². The Morgan fingerprint density at radius 1 is 0.820 bits per heavy atom. The van der Waals surface area contributed by atoms with Gasteiger partial charge in [0, 0.05) is 25.6 Å². The smallest absolute Gasteiger partial charge is 0.321 e. The maximum absolute atomic E-state index is 14.8. The lowest BCUT2D eigenvalue weighted by Crippen LogP contribution is -2.56. The second kappa shape index (κ2) is 17.9. The maximum Gasteiger partial charge on any atom is 0.495 e. The summed E-state index contributed by atoms with van der Waals surface area (Å²) in [5, 5.41) is 3.33. The average molecular weight is 859 g/mol. The molecule has 1 aliphatic rings. The second-order valence-electron chi connectivity index (χ2n) is 14.9. The molecule has 2 heterocycles. The molecule has 1 fully saturated rings. The van der Waals surface area contributed by atoms with Crippen molar-refractivity contribution < 1.29 is 59.3 Å². The van der Waals surface area contributed by atoms with Crippen molar-refractivity contribution in [1.29, 1.82) is 0 Å². The molecule has 4 aromatic carbocycles. The number of para-hydroxylation sites is 1. The first kappa shape index (κ1) is 44.5. The maximum atomic E-state index is 14.8. The molecule has 0 saturated carbocycles. The molecule has 1 aromatic heterocycles. The number of halogens is 8. The number of rotatable bonds is 12. The van der Waals surface area contributed by atoms with E-state index in [1.165, 1.54) is 60.9 Å². The first-order valence-corrected chi connectivity index (χ1v) is 19.0. The largest absolute Gasteiger partial charge is 0.495 e. The molecule has 6 rings (SSSR count). The van der Waals surface area contributed by atoms with Gasteiger partial charge in [-0.3, -0.25) is 14.5 Å². The third kappa shape index (κ3) is 10.1. The summed E-state index contributed by atoms with van der Waals surface area (Å²) in [6.07, 6.45) is -10.1. The number of ketones is 1. The fourth-order valence-electron chi connectivity index (χ4n) is 7.28. The molecule has 1 aliphatic heterocycles. The number of aromatic nitrogens is 2. The number of carbonyl (C=O) groups is 3. The quantitative estimate of drug-likeness (QED) is 0.0761. The standard InChI is InChI=1S/C43H38F8N4O6/c1-41(2,39(58)60-61-40(59)43(49,50)51)54-21-19-28(20-22-54)52-37(27-15-17-29(25-9-4-3-5-10-25)31(23-27)42(46,47)48)34(56)24-55-33-14-7-6-12-30(33)38(57)53-35(55)18-16-26-11-8-13-32(44)36(26)45/h3-15,17,23,28,37,52H,16,18-22,24H2,1-2H3. The molecule has 0 amide bonds. The van der Waals surface area contributed by atoms with E-state index < -0.39 is 77.0 Å². The van der Waals surface area contributed by atoms with Crippen LogP contribution >= 0.6 is 0 Å². The van der Waals surface area contributed by atoms with E-state index in [4.69, 9.17) is 0 Å². The van der Waals surface area contributed by atoms with Crippen molar-refractivity contribution in [2.24, 2.45) is 0 Å². The van der Waals surface area contributed by atoms with Gasteiger partial charge >= 0.3 is 24.3 Å². The van der Waals surface area contributed by atoms with Gasteiger partial charge in [0.2, 0.25) is 0 Å². The Labute approximate surface area is 343 Å². The summed E-state index contributed by atoms with van der Waals surface area (Å²) in [7, 11) is 0. The normalized spacial score (nSPS) is 14.8. The van der Waals surface area contributed by atoms with Crippen molar-refractivity contribution in [2.45, 2.75) is 76.1 Å². The van der Waals surface area contributed by atoms with Crippen LogP contribution in [-0.2, 0) is 49.7 Å². The summed E-state index contributed by atoms with van der Waals surface area (Å²) in [4.78, 5) is 65.3. The summed E-state index contributed by atoms with van der Waals surface area (Å²) in [6.45, 7) is 2.33. The first-order chi connectivity index (χ1) is 28.8. The number of likely N-dealkylation sites (tertiary alicyclic amines) is 1. The molecule has 322 valence electrons. The van der Waals surface area contributed by atoms with E-state index in [1.807, 2.05) is 0 Å². The number of fused-ring (bicyclic) bond motifs is 1. The lowest BCUT2D eigenvalue weighted by Gasteiger charge is -2.41. The molecule has 5 aromatic rings. The number of benzene rings is 4. The SMILES string of the molecule is CC(C)(C(=O)OOC(=O)C(F)(F)F)N1CCC(NC(C(=O)Cn2c(CCc3cccc(F)c3F)nc(=O)c3ccccc32)c2ccc(-c3ccccc3)c(C(F)(F)F)c2)CC1. The highest BCUT2D eigenvalue weighted by molar-refractivity contribution is 5.88. The lowest BCUT2D eigenvalue weighted by atomic mass is 9.91. The van der Waals surface area contributed by atoms with E-state index in [2.05, 4.69) is 20.1 Å². The molecular weight excluding hydrogens is 820 g/mol. The van der Waals surface area contributed by atoms with Crippen molar-refractivity contribution in [3.63, 3.8) is 0 Å². The fraction of sp³-hybridized carbons (Fsp3) is 0.326.